The summed E-state index contributed by atoms with van der Waals surface area (Å²) < 4.78 is 0. The molecule has 2 nitrogen and oxygen atoms in total. The SMILES string of the molecule is CCC(C)C1CN(C2(C)CCCCC2)C(CC)CN1. The van der Waals surface area contributed by atoms with E-state index in [1.54, 1.807) is 0 Å². The first-order valence-electron chi connectivity index (χ1n) is 8.61. The second kappa shape index (κ2) is 6.58. The van der Waals surface area contributed by atoms with Crippen LogP contribution in [0.5, 0.6) is 0 Å². The highest BCUT2D eigenvalue weighted by molar-refractivity contribution is 4.98. The topological polar surface area (TPSA) is 15.3 Å². The zero-order valence-electron chi connectivity index (χ0n) is 13.5. The van der Waals surface area contributed by atoms with Crippen molar-refractivity contribution in [3.63, 3.8) is 0 Å². The van der Waals surface area contributed by atoms with Crippen LogP contribution in [0.2, 0.25) is 0 Å². The zero-order chi connectivity index (χ0) is 13.9. The maximum Gasteiger partial charge on any atom is 0.0224 e. The van der Waals surface area contributed by atoms with Crippen LogP contribution in [0.4, 0.5) is 0 Å². The first-order valence-corrected chi connectivity index (χ1v) is 8.61. The molecule has 0 amide bonds. The Kier molecular flexibility index (Phi) is 5.30. The monoisotopic (exact) mass is 266 g/mol. The third kappa shape index (κ3) is 3.33. The molecule has 0 aromatic rings. The first kappa shape index (κ1) is 15.3. The van der Waals surface area contributed by atoms with Gasteiger partial charge in [0.2, 0.25) is 0 Å². The molecule has 1 saturated heterocycles. The fourth-order valence-corrected chi connectivity index (χ4v) is 4.12. The quantitative estimate of drug-likeness (QED) is 0.832. The Morgan fingerprint density at radius 3 is 2.47 bits per heavy atom. The molecule has 0 bridgehead atoms. The Hall–Kier alpha value is -0.0800. The van der Waals surface area contributed by atoms with Crippen molar-refractivity contribution in [2.24, 2.45) is 5.92 Å². The van der Waals surface area contributed by atoms with Gasteiger partial charge in [0.25, 0.3) is 0 Å². The smallest absolute Gasteiger partial charge is 0.0224 e. The molecule has 3 atom stereocenters. The van der Waals surface area contributed by atoms with Gasteiger partial charge < -0.3 is 5.32 Å². The first-order chi connectivity index (χ1) is 9.10. The van der Waals surface area contributed by atoms with Crippen molar-refractivity contribution in [2.45, 2.75) is 90.3 Å². The summed E-state index contributed by atoms with van der Waals surface area (Å²) in [6, 6.07) is 1.45. The molecule has 1 aliphatic heterocycles. The van der Waals surface area contributed by atoms with Gasteiger partial charge in [-0.1, -0.05) is 46.5 Å². The molecule has 0 radical (unpaired) electrons. The summed E-state index contributed by atoms with van der Waals surface area (Å²) in [4.78, 5) is 2.89. The van der Waals surface area contributed by atoms with Gasteiger partial charge in [-0.15, -0.1) is 0 Å². The van der Waals surface area contributed by atoms with Crippen LogP contribution in [-0.2, 0) is 0 Å². The third-order valence-electron chi connectivity index (χ3n) is 5.88. The van der Waals surface area contributed by atoms with Crippen molar-refractivity contribution in [2.75, 3.05) is 13.1 Å². The van der Waals surface area contributed by atoms with Crippen molar-refractivity contribution in [3.05, 3.63) is 0 Å². The molecule has 0 aromatic carbocycles. The molecule has 3 unspecified atom stereocenters. The lowest BCUT2D eigenvalue weighted by Crippen LogP contribution is -2.64. The van der Waals surface area contributed by atoms with E-state index < -0.39 is 0 Å². The van der Waals surface area contributed by atoms with Gasteiger partial charge in [0, 0.05) is 30.7 Å². The molecular formula is C17H34N2. The van der Waals surface area contributed by atoms with Crippen molar-refractivity contribution in [1.82, 2.24) is 10.2 Å². The Morgan fingerprint density at radius 1 is 1.21 bits per heavy atom. The van der Waals surface area contributed by atoms with Gasteiger partial charge >= 0.3 is 0 Å². The molecule has 1 N–H and O–H groups in total. The number of hydrogen-bond donors (Lipinski definition) is 1. The largest absolute Gasteiger partial charge is 0.311 e. The Labute approximate surface area is 120 Å². The third-order valence-corrected chi connectivity index (χ3v) is 5.88. The summed E-state index contributed by atoms with van der Waals surface area (Å²) in [7, 11) is 0. The molecule has 112 valence electrons. The summed E-state index contributed by atoms with van der Waals surface area (Å²) in [5.74, 6) is 0.799. The number of nitrogens with zero attached hydrogens (tertiary/aromatic N) is 1. The zero-order valence-corrected chi connectivity index (χ0v) is 13.5. The fraction of sp³-hybridized carbons (Fsp3) is 1.00. The van der Waals surface area contributed by atoms with Crippen molar-refractivity contribution < 1.29 is 0 Å². The second-order valence-electron chi connectivity index (χ2n) is 7.17. The standard InChI is InChI=1S/C17H34N2/c1-5-14(3)16-13-19(15(6-2)12-18-16)17(4)10-8-7-9-11-17/h14-16,18H,5-13H2,1-4H3. The molecule has 2 aliphatic rings. The van der Waals surface area contributed by atoms with Crippen LogP contribution in [0.1, 0.15) is 72.6 Å². The van der Waals surface area contributed by atoms with Crippen LogP contribution < -0.4 is 5.32 Å². The predicted octanol–water partition coefficient (Wildman–Crippen LogP) is 3.81. The summed E-state index contributed by atoms with van der Waals surface area (Å²) in [6.07, 6.45) is 9.73. The molecule has 19 heavy (non-hydrogen) atoms. The van der Waals surface area contributed by atoms with Crippen LogP contribution >= 0.6 is 0 Å². The Morgan fingerprint density at radius 2 is 1.89 bits per heavy atom. The lowest BCUT2D eigenvalue weighted by atomic mass is 9.79. The molecule has 0 spiro atoms. The highest BCUT2D eigenvalue weighted by Gasteiger charge is 2.40. The van der Waals surface area contributed by atoms with E-state index in [1.165, 1.54) is 58.0 Å². The van der Waals surface area contributed by atoms with Gasteiger partial charge in [-0.05, 0) is 32.1 Å². The predicted molar refractivity (Wildman–Crippen MR) is 83.5 cm³/mol. The van der Waals surface area contributed by atoms with Crippen molar-refractivity contribution >= 4 is 0 Å². The molecule has 0 aromatic heterocycles. The van der Waals surface area contributed by atoms with E-state index in [4.69, 9.17) is 0 Å². The van der Waals surface area contributed by atoms with Gasteiger partial charge in [0.1, 0.15) is 0 Å². The second-order valence-corrected chi connectivity index (χ2v) is 7.17. The van der Waals surface area contributed by atoms with E-state index in [9.17, 15) is 0 Å². The minimum absolute atomic E-state index is 0.479. The highest BCUT2D eigenvalue weighted by Crippen LogP contribution is 2.36. The average molecular weight is 266 g/mol. The van der Waals surface area contributed by atoms with Crippen LogP contribution in [0, 0.1) is 5.92 Å². The minimum atomic E-state index is 0.479. The average Bonchev–Trinajstić information content (AvgIpc) is 2.46. The molecule has 1 heterocycles. The summed E-state index contributed by atoms with van der Waals surface area (Å²) in [5.41, 5.74) is 0.479. The number of rotatable bonds is 4. The number of hydrogen-bond acceptors (Lipinski definition) is 2. The number of nitrogens with one attached hydrogen (secondary N) is 1. The molecule has 2 heteroatoms. The molecule has 2 rings (SSSR count). The normalized spacial score (nSPS) is 34.1. The van der Waals surface area contributed by atoms with Crippen LogP contribution in [0.3, 0.4) is 0 Å². The van der Waals surface area contributed by atoms with E-state index in [-0.39, 0.29) is 0 Å². The molecule has 1 aliphatic carbocycles. The van der Waals surface area contributed by atoms with Gasteiger partial charge in [-0.3, -0.25) is 4.90 Å². The summed E-state index contributed by atoms with van der Waals surface area (Å²) in [5, 5.41) is 3.82. The molecular weight excluding hydrogens is 232 g/mol. The van der Waals surface area contributed by atoms with Gasteiger partial charge in [0.05, 0.1) is 0 Å². The molecule has 2 fully saturated rings. The lowest BCUT2D eigenvalue weighted by molar-refractivity contribution is -0.0121. The van der Waals surface area contributed by atoms with E-state index in [1.807, 2.05) is 0 Å². The van der Waals surface area contributed by atoms with Gasteiger partial charge in [-0.25, -0.2) is 0 Å². The lowest BCUT2D eigenvalue weighted by Gasteiger charge is -2.53. The highest BCUT2D eigenvalue weighted by atomic mass is 15.3. The summed E-state index contributed by atoms with van der Waals surface area (Å²) in [6.45, 7) is 12.1. The maximum atomic E-state index is 3.82. The van der Waals surface area contributed by atoms with Crippen LogP contribution in [0.25, 0.3) is 0 Å². The van der Waals surface area contributed by atoms with E-state index in [2.05, 4.69) is 37.9 Å². The summed E-state index contributed by atoms with van der Waals surface area (Å²) >= 11 is 0. The van der Waals surface area contributed by atoms with Crippen molar-refractivity contribution in [1.29, 1.82) is 0 Å². The Balaban J connectivity index is 2.08. The van der Waals surface area contributed by atoms with Gasteiger partial charge in [-0.2, -0.15) is 0 Å². The maximum absolute atomic E-state index is 3.82. The Bertz CT molecular complexity index is 270. The van der Waals surface area contributed by atoms with Gasteiger partial charge in [0.15, 0.2) is 0 Å². The van der Waals surface area contributed by atoms with E-state index in [0.29, 0.717) is 11.6 Å². The fourth-order valence-electron chi connectivity index (χ4n) is 4.12. The van der Waals surface area contributed by atoms with Crippen LogP contribution in [0.15, 0.2) is 0 Å². The van der Waals surface area contributed by atoms with E-state index >= 15 is 0 Å². The molecule has 1 saturated carbocycles. The van der Waals surface area contributed by atoms with Crippen molar-refractivity contribution in [3.8, 4) is 0 Å². The van der Waals surface area contributed by atoms with Crippen LogP contribution in [-0.4, -0.2) is 35.6 Å². The number of piperazine rings is 1. The minimum Gasteiger partial charge on any atom is -0.311 e. The van der Waals surface area contributed by atoms with E-state index in [0.717, 1.165) is 12.0 Å².